The second-order valence-electron chi connectivity index (χ2n) is 15.1. The second kappa shape index (κ2) is 25.2. The average molecular weight is 876 g/mol. The number of anilines is 1. The molecule has 0 bridgehead atoms. The minimum absolute atomic E-state index is 0.0273. The number of nitrogens with zero attached hydrogens (tertiary/aromatic N) is 2. The quantitative estimate of drug-likeness (QED) is 0.0507. The third-order valence-corrected chi connectivity index (χ3v) is 10.2. The highest BCUT2D eigenvalue weighted by atomic mass is 35.5. The van der Waals surface area contributed by atoms with Crippen LogP contribution in [0.1, 0.15) is 42.5 Å². The number of aliphatic carboxylic acids is 1. The van der Waals surface area contributed by atoms with Gasteiger partial charge in [-0.05, 0) is 65.3 Å². The van der Waals surface area contributed by atoms with Crippen molar-refractivity contribution >= 4 is 58.5 Å². The van der Waals surface area contributed by atoms with Crippen LogP contribution in [0.2, 0.25) is 0 Å². The molecule has 0 saturated carbocycles. The first-order valence-electron chi connectivity index (χ1n) is 20.3. The number of carbonyl (C=O) groups is 5. The van der Waals surface area contributed by atoms with Crippen molar-refractivity contribution in [1.29, 1.82) is 0 Å². The largest absolute Gasteiger partial charge is 0.508 e. The molecule has 0 radical (unpaired) electrons. The highest BCUT2D eigenvalue weighted by Crippen LogP contribution is 2.20. The molecule has 3 atom stereocenters. The highest BCUT2D eigenvalue weighted by Gasteiger charge is 2.29. The third kappa shape index (κ3) is 16.7. The summed E-state index contributed by atoms with van der Waals surface area (Å²) in [6.45, 7) is 4.77. The van der Waals surface area contributed by atoms with E-state index in [1.54, 1.807) is 36.4 Å². The van der Waals surface area contributed by atoms with Crippen molar-refractivity contribution in [1.82, 2.24) is 26.2 Å². The van der Waals surface area contributed by atoms with Crippen molar-refractivity contribution in [3.8, 4) is 5.75 Å². The van der Waals surface area contributed by atoms with E-state index < -0.39 is 60.8 Å². The van der Waals surface area contributed by atoms with E-state index in [9.17, 15) is 34.2 Å². The van der Waals surface area contributed by atoms with Gasteiger partial charge in [-0.2, -0.15) is 0 Å². The molecule has 0 saturated heterocycles. The summed E-state index contributed by atoms with van der Waals surface area (Å²) in [5, 5.41) is 30.2. The van der Waals surface area contributed by atoms with Crippen LogP contribution in [0.15, 0.2) is 109 Å². The Balaban J connectivity index is 1.45. The van der Waals surface area contributed by atoms with Crippen LogP contribution in [0.25, 0.3) is 0 Å². The number of rotatable bonds is 25. The molecule has 326 valence electrons. The summed E-state index contributed by atoms with van der Waals surface area (Å²) >= 11 is 12.0. The van der Waals surface area contributed by atoms with Gasteiger partial charge in [0, 0.05) is 50.0 Å². The smallest absolute Gasteiger partial charge is 0.326 e. The minimum atomic E-state index is -1.20. The van der Waals surface area contributed by atoms with Gasteiger partial charge in [-0.1, -0.05) is 98.8 Å². The Bertz CT molecular complexity index is 1940. The molecule has 4 aromatic rings. The van der Waals surface area contributed by atoms with Crippen LogP contribution < -0.4 is 26.2 Å². The van der Waals surface area contributed by atoms with Gasteiger partial charge in [-0.25, -0.2) is 4.79 Å². The zero-order valence-corrected chi connectivity index (χ0v) is 36.1. The van der Waals surface area contributed by atoms with Crippen molar-refractivity contribution < 1.29 is 34.2 Å². The molecule has 13 nitrogen and oxygen atoms in total. The number of amides is 4. The number of aromatic hydroxyl groups is 1. The zero-order chi connectivity index (χ0) is 44.1. The van der Waals surface area contributed by atoms with Gasteiger partial charge in [0.15, 0.2) is 0 Å². The molecule has 0 aromatic heterocycles. The van der Waals surface area contributed by atoms with Crippen LogP contribution in [0.3, 0.4) is 0 Å². The van der Waals surface area contributed by atoms with Crippen molar-refractivity contribution in [2.24, 2.45) is 5.92 Å². The van der Waals surface area contributed by atoms with Crippen LogP contribution in [0, 0.1) is 5.92 Å². The number of phenolic OH excluding ortho intramolecular Hbond substituents is 1. The first-order chi connectivity index (χ1) is 29.3. The summed E-state index contributed by atoms with van der Waals surface area (Å²) in [4.78, 5) is 70.1. The number of carboxylic acid groups (broad SMARTS) is 1. The molecule has 6 N–H and O–H groups in total. The van der Waals surface area contributed by atoms with Crippen LogP contribution in [-0.2, 0) is 49.9 Å². The standard InChI is InChI=1S/C46H56Cl2N6O7/c1-32(2)25-40(46(60)61)52-44(58)39(26-33-13-17-37(18-14-33)53(23-21-47)24-22-48)51-43(57)29-49-42(56)28-50-45(59)41(27-34-15-19-38(55)20-16-34)54(30-35-9-5-3-6-10-35)31-36-11-7-4-8-12-36/h3-20,32,39-41,55H,21-31H2,1-2H3,(H,49,56)(H,50,59)(H,51,57)(H,52,58)(H,60,61). The van der Waals surface area contributed by atoms with Gasteiger partial charge in [0.1, 0.15) is 17.8 Å². The number of benzene rings is 4. The summed E-state index contributed by atoms with van der Waals surface area (Å²) in [6, 6.07) is 30.3. The average Bonchev–Trinajstić information content (AvgIpc) is 3.24. The first kappa shape index (κ1) is 48.0. The zero-order valence-electron chi connectivity index (χ0n) is 34.6. The number of carboxylic acids is 1. The fourth-order valence-electron chi connectivity index (χ4n) is 6.75. The summed E-state index contributed by atoms with van der Waals surface area (Å²) in [5.74, 6) is -2.75. The van der Waals surface area contributed by atoms with Crippen LogP contribution in [0.5, 0.6) is 5.75 Å². The van der Waals surface area contributed by atoms with Gasteiger partial charge in [-0.3, -0.25) is 24.1 Å². The normalized spacial score (nSPS) is 12.6. The van der Waals surface area contributed by atoms with E-state index in [0.29, 0.717) is 43.5 Å². The Morgan fingerprint density at radius 1 is 0.607 bits per heavy atom. The Kier molecular flexibility index (Phi) is 19.9. The van der Waals surface area contributed by atoms with E-state index in [1.807, 2.05) is 96.4 Å². The molecule has 61 heavy (non-hydrogen) atoms. The topological polar surface area (TPSA) is 180 Å². The van der Waals surface area contributed by atoms with E-state index >= 15 is 0 Å². The lowest BCUT2D eigenvalue weighted by Gasteiger charge is -2.31. The van der Waals surface area contributed by atoms with Crippen LogP contribution in [0.4, 0.5) is 5.69 Å². The number of carbonyl (C=O) groups excluding carboxylic acids is 4. The molecule has 0 aliphatic heterocycles. The molecule has 4 rings (SSSR count). The van der Waals surface area contributed by atoms with Crippen molar-refractivity contribution in [2.75, 3.05) is 42.8 Å². The van der Waals surface area contributed by atoms with Gasteiger partial charge in [-0.15, -0.1) is 23.2 Å². The molecule has 0 spiro atoms. The first-order valence-corrected chi connectivity index (χ1v) is 21.3. The maximum atomic E-state index is 14.0. The van der Waals surface area contributed by atoms with Crippen molar-refractivity contribution in [3.63, 3.8) is 0 Å². The maximum absolute atomic E-state index is 14.0. The second-order valence-corrected chi connectivity index (χ2v) is 15.9. The molecule has 0 aliphatic rings. The number of phenols is 1. The van der Waals surface area contributed by atoms with Gasteiger partial charge >= 0.3 is 5.97 Å². The van der Waals surface area contributed by atoms with E-state index in [-0.39, 0.29) is 30.9 Å². The molecule has 4 amide bonds. The lowest BCUT2D eigenvalue weighted by Crippen LogP contribution is -2.54. The minimum Gasteiger partial charge on any atom is -0.508 e. The fraction of sp³-hybridized carbons (Fsp3) is 0.370. The molecule has 0 fully saturated rings. The fourth-order valence-corrected chi connectivity index (χ4v) is 7.16. The van der Waals surface area contributed by atoms with Gasteiger partial charge < -0.3 is 36.4 Å². The maximum Gasteiger partial charge on any atom is 0.326 e. The molecular formula is C46H56Cl2N6O7. The van der Waals surface area contributed by atoms with E-state index in [1.165, 1.54) is 0 Å². The summed E-state index contributed by atoms with van der Waals surface area (Å²) in [5.41, 5.74) is 4.35. The Hall–Kier alpha value is -5.63. The monoisotopic (exact) mass is 874 g/mol. The SMILES string of the molecule is CC(C)CC(NC(=O)C(Cc1ccc(N(CCCl)CCCl)cc1)NC(=O)CNC(=O)CNC(=O)C(Cc1ccc(O)cc1)N(Cc1ccccc1)Cc1ccccc1)C(=O)O. The molecule has 4 aromatic carbocycles. The number of nitrogens with one attached hydrogen (secondary N) is 4. The lowest BCUT2D eigenvalue weighted by atomic mass is 10.0. The molecule has 3 unspecified atom stereocenters. The third-order valence-electron chi connectivity index (χ3n) is 9.86. The molecule has 15 heteroatoms. The number of hydrogen-bond acceptors (Lipinski definition) is 8. The van der Waals surface area contributed by atoms with E-state index in [0.717, 1.165) is 22.4 Å². The molecule has 0 heterocycles. The van der Waals surface area contributed by atoms with Gasteiger partial charge in [0.05, 0.1) is 19.1 Å². The van der Waals surface area contributed by atoms with Crippen molar-refractivity contribution in [2.45, 2.75) is 64.3 Å². The summed E-state index contributed by atoms with van der Waals surface area (Å²) in [7, 11) is 0. The Labute approximate surface area is 367 Å². The van der Waals surface area contributed by atoms with Gasteiger partial charge in [0.2, 0.25) is 23.6 Å². The Morgan fingerprint density at radius 3 is 1.66 bits per heavy atom. The predicted molar refractivity (Wildman–Crippen MR) is 239 cm³/mol. The number of alkyl halides is 2. The van der Waals surface area contributed by atoms with E-state index in [2.05, 4.69) is 21.3 Å². The summed E-state index contributed by atoms with van der Waals surface area (Å²) in [6.07, 6.45) is 0.494. The van der Waals surface area contributed by atoms with Crippen LogP contribution in [-0.4, -0.2) is 101 Å². The van der Waals surface area contributed by atoms with E-state index in [4.69, 9.17) is 23.2 Å². The predicted octanol–water partition coefficient (Wildman–Crippen LogP) is 4.87. The lowest BCUT2D eigenvalue weighted by molar-refractivity contribution is -0.142. The van der Waals surface area contributed by atoms with Crippen LogP contribution >= 0.6 is 23.2 Å². The molecular weight excluding hydrogens is 819 g/mol. The number of hydrogen-bond donors (Lipinski definition) is 6. The number of halogens is 2. The molecule has 0 aliphatic carbocycles. The van der Waals surface area contributed by atoms with Gasteiger partial charge in [0.25, 0.3) is 0 Å². The van der Waals surface area contributed by atoms with Crippen molar-refractivity contribution in [3.05, 3.63) is 131 Å². The Morgan fingerprint density at radius 2 is 1.13 bits per heavy atom. The highest BCUT2D eigenvalue weighted by molar-refractivity contribution is 6.18. The summed E-state index contributed by atoms with van der Waals surface area (Å²) < 4.78 is 0.